The topological polar surface area (TPSA) is 44.4 Å². The molecule has 4 heteroatoms. The van der Waals surface area contributed by atoms with Gasteiger partial charge >= 0.3 is 0 Å². The van der Waals surface area contributed by atoms with E-state index in [-0.39, 0.29) is 11.9 Å². The molecule has 2 N–H and O–H groups in total. The average molecular weight is 213 g/mol. The molecule has 1 fully saturated rings. The SMILES string of the molecule is CC(C)CN(C)C(=O)C1CNC(C)CN1. The highest BCUT2D eigenvalue weighted by Crippen LogP contribution is 2.01. The molecule has 4 nitrogen and oxygen atoms in total. The lowest BCUT2D eigenvalue weighted by atomic mass is 10.1. The normalized spacial score (nSPS) is 26.7. The molecule has 1 saturated heterocycles. The smallest absolute Gasteiger partial charge is 0.240 e. The molecule has 1 aliphatic heterocycles. The zero-order valence-corrected chi connectivity index (χ0v) is 10.2. The zero-order chi connectivity index (χ0) is 11.4. The molecular formula is C11H23N3O. The molecule has 15 heavy (non-hydrogen) atoms. The molecular weight excluding hydrogens is 190 g/mol. The van der Waals surface area contributed by atoms with Gasteiger partial charge in [-0.1, -0.05) is 13.8 Å². The van der Waals surface area contributed by atoms with Crippen LogP contribution in [0.25, 0.3) is 0 Å². The Kier molecular flexibility index (Phi) is 4.54. The van der Waals surface area contributed by atoms with Crippen molar-refractivity contribution in [2.24, 2.45) is 5.92 Å². The van der Waals surface area contributed by atoms with E-state index in [1.54, 1.807) is 0 Å². The maximum Gasteiger partial charge on any atom is 0.240 e. The van der Waals surface area contributed by atoms with E-state index in [9.17, 15) is 4.79 Å². The van der Waals surface area contributed by atoms with Gasteiger partial charge in [-0.15, -0.1) is 0 Å². The van der Waals surface area contributed by atoms with Gasteiger partial charge in [-0.25, -0.2) is 0 Å². The molecule has 2 unspecified atom stereocenters. The number of nitrogens with one attached hydrogen (secondary N) is 2. The van der Waals surface area contributed by atoms with Crippen LogP contribution in [0.3, 0.4) is 0 Å². The van der Waals surface area contributed by atoms with Crippen LogP contribution in [0.1, 0.15) is 20.8 Å². The van der Waals surface area contributed by atoms with Crippen LogP contribution in [0, 0.1) is 5.92 Å². The first-order valence-corrected chi connectivity index (χ1v) is 5.72. The summed E-state index contributed by atoms with van der Waals surface area (Å²) < 4.78 is 0. The summed E-state index contributed by atoms with van der Waals surface area (Å²) in [4.78, 5) is 13.8. The Labute approximate surface area is 92.4 Å². The predicted molar refractivity (Wildman–Crippen MR) is 61.7 cm³/mol. The molecule has 0 aromatic heterocycles. The summed E-state index contributed by atoms with van der Waals surface area (Å²) in [7, 11) is 1.88. The second-order valence-corrected chi connectivity index (χ2v) is 4.88. The van der Waals surface area contributed by atoms with Gasteiger partial charge in [-0.05, 0) is 12.8 Å². The zero-order valence-electron chi connectivity index (χ0n) is 10.2. The first-order chi connectivity index (χ1) is 7.00. The van der Waals surface area contributed by atoms with Gasteiger partial charge in [0.05, 0.1) is 6.04 Å². The van der Waals surface area contributed by atoms with Crippen LogP contribution in [-0.2, 0) is 4.79 Å². The van der Waals surface area contributed by atoms with E-state index >= 15 is 0 Å². The number of piperazine rings is 1. The number of hydrogen-bond donors (Lipinski definition) is 2. The summed E-state index contributed by atoms with van der Waals surface area (Å²) in [5, 5.41) is 6.58. The van der Waals surface area contributed by atoms with Crippen molar-refractivity contribution in [2.45, 2.75) is 32.9 Å². The Morgan fingerprint density at radius 3 is 2.53 bits per heavy atom. The minimum absolute atomic E-state index is 0.0510. The lowest BCUT2D eigenvalue weighted by Gasteiger charge is -2.31. The Morgan fingerprint density at radius 1 is 1.40 bits per heavy atom. The van der Waals surface area contributed by atoms with Gasteiger partial charge in [0.2, 0.25) is 5.91 Å². The van der Waals surface area contributed by atoms with Crippen LogP contribution in [0.4, 0.5) is 0 Å². The van der Waals surface area contributed by atoms with Crippen LogP contribution in [0.5, 0.6) is 0 Å². The van der Waals surface area contributed by atoms with Crippen molar-refractivity contribution in [1.29, 1.82) is 0 Å². The first-order valence-electron chi connectivity index (χ1n) is 5.72. The van der Waals surface area contributed by atoms with E-state index in [0.29, 0.717) is 12.0 Å². The fraction of sp³-hybridized carbons (Fsp3) is 0.909. The molecule has 0 aromatic carbocycles. The summed E-state index contributed by atoms with van der Waals surface area (Å²) in [6.45, 7) is 8.79. The molecule has 0 aromatic rings. The predicted octanol–water partition coefficient (Wildman–Crippen LogP) is 0.0507. The van der Waals surface area contributed by atoms with Gasteiger partial charge in [0.1, 0.15) is 0 Å². The van der Waals surface area contributed by atoms with Gasteiger partial charge in [-0.2, -0.15) is 0 Å². The van der Waals surface area contributed by atoms with Crippen molar-refractivity contribution in [3.63, 3.8) is 0 Å². The maximum absolute atomic E-state index is 12.0. The van der Waals surface area contributed by atoms with Gasteiger partial charge in [0.15, 0.2) is 0 Å². The number of likely N-dealkylation sites (N-methyl/N-ethyl adjacent to an activating group) is 1. The van der Waals surface area contributed by atoms with E-state index in [1.165, 1.54) is 0 Å². The quantitative estimate of drug-likeness (QED) is 0.696. The standard InChI is InChI=1S/C11H23N3O/c1-8(2)7-14(4)11(15)10-6-12-9(3)5-13-10/h8-10,12-13H,5-7H2,1-4H3. The summed E-state index contributed by atoms with van der Waals surface area (Å²) in [6.07, 6.45) is 0. The third-order valence-electron chi connectivity index (χ3n) is 2.65. The molecule has 88 valence electrons. The third kappa shape index (κ3) is 3.80. The maximum atomic E-state index is 12.0. The molecule has 2 atom stereocenters. The van der Waals surface area contributed by atoms with Gasteiger partial charge in [0, 0.05) is 32.7 Å². The highest BCUT2D eigenvalue weighted by atomic mass is 16.2. The summed E-state index contributed by atoms with van der Waals surface area (Å²) in [6, 6.07) is 0.411. The number of amides is 1. The highest BCUT2D eigenvalue weighted by molar-refractivity contribution is 5.82. The highest BCUT2D eigenvalue weighted by Gasteiger charge is 2.25. The van der Waals surface area contributed by atoms with Crippen molar-refractivity contribution in [1.82, 2.24) is 15.5 Å². The summed E-state index contributed by atoms with van der Waals surface area (Å²) in [5.41, 5.74) is 0. The Bertz CT molecular complexity index is 210. The van der Waals surface area contributed by atoms with Gasteiger partial charge in [-0.3, -0.25) is 4.79 Å². The number of nitrogens with zero attached hydrogens (tertiary/aromatic N) is 1. The second kappa shape index (κ2) is 5.47. The van der Waals surface area contributed by atoms with Crippen molar-refractivity contribution in [3.05, 3.63) is 0 Å². The van der Waals surface area contributed by atoms with E-state index < -0.39 is 0 Å². The summed E-state index contributed by atoms with van der Waals surface area (Å²) >= 11 is 0. The minimum Gasteiger partial charge on any atom is -0.344 e. The largest absolute Gasteiger partial charge is 0.344 e. The number of carbonyl (C=O) groups is 1. The molecule has 0 radical (unpaired) electrons. The number of carbonyl (C=O) groups excluding carboxylic acids is 1. The van der Waals surface area contributed by atoms with Crippen LogP contribution >= 0.6 is 0 Å². The van der Waals surface area contributed by atoms with Crippen LogP contribution < -0.4 is 10.6 Å². The van der Waals surface area contributed by atoms with E-state index in [1.807, 2.05) is 11.9 Å². The lowest BCUT2D eigenvalue weighted by Crippen LogP contribution is -2.59. The Hall–Kier alpha value is -0.610. The minimum atomic E-state index is -0.0510. The van der Waals surface area contributed by atoms with Crippen molar-refractivity contribution >= 4 is 5.91 Å². The number of rotatable bonds is 3. The molecule has 1 amide bonds. The molecule has 0 aliphatic carbocycles. The van der Waals surface area contributed by atoms with Gasteiger partial charge in [0.25, 0.3) is 0 Å². The fourth-order valence-electron chi connectivity index (χ4n) is 1.86. The third-order valence-corrected chi connectivity index (χ3v) is 2.65. The van der Waals surface area contributed by atoms with Crippen LogP contribution in [-0.4, -0.2) is 49.6 Å². The molecule has 1 rings (SSSR count). The average Bonchev–Trinajstić information content (AvgIpc) is 2.17. The monoisotopic (exact) mass is 213 g/mol. The van der Waals surface area contributed by atoms with Crippen molar-refractivity contribution in [2.75, 3.05) is 26.7 Å². The molecule has 0 saturated carbocycles. The molecule has 1 heterocycles. The van der Waals surface area contributed by atoms with Crippen molar-refractivity contribution in [3.8, 4) is 0 Å². The van der Waals surface area contributed by atoms with E-state index in [0.717, 1.165) is 19.6 Å². The molecule has 0 bridgehead atoms. The molecule has 0 spiro atoms. The Balaban J connectivity index is 2.39. The second-order valence-electron chi connectivity index (χ2n) is 4.88. The Morgan fingerprint density at radius 2 is 2.07 bits per heavy atom. The van der Waals surface area contributed by atoms with Crippen LogP contribution in [0.15, 0.2) is 0 Å². The van der Waals surface area contributed by atoms with E-state index in [4.69, 9.17) is 0 Å². The van der Waals surface area contributed by atoms with E-state index in [2.05, 4.69) is 31.4 Å². The lowest BCUT2D eigenvalue weighted by molar-refractivity contribution is -0.132. The summed E-state index contributed by atoms with van der Waals surface area (Å²) in [5.74, 6) is 0.720. The molecule has 1 aliphatic rings. The first kappa shape index (κ1) is 12.5. The fourth-order valence-corrected chi connectivity index (χ4v) is 1.86. The van der Waals surface area contributed by atoms with Gasteiger partial charge < -0.3 is 15.5 Å². The number of hydrogen-bond acceptors (Lipinski definition) is 3. The van der Waals surface area contributed by atoms with Crippen LogP contribution in [0.2, 0.25) is 0 Å². The van der Waals surface area contributed by atoms with Crippen molar-refractivity contribution < 1.29 is 4.79 Å².